The lowest BCUT2D eigenvalue weighted by atomic mass is 10.0. The maximum Gasteiger partial charge on any atom is 0.243 e. The Hall–Kier alpha value is -3.10. The molecule has 2 aliphatic rings. The lowest BCUT2D eigenvalue weighted by Crippen LogP contribution is -2.34. The number of hydrogen-bond donors (Lipinski definition) is 3. The monoisotopic (exact) mass is 455 g/mol. The zero-order valence-corrected chi connectivity index (χ0v) is 18.7. The van der Waals surface area contributed by atoms with Crippen molar-refractivity contribution in [2.24, 2.45) is 9.98 Å². The van der Waals surface area contributed by atoms with Gasteiger partial charge in [0, 0.05) is 29.6 Å². The van der Waals surface area contributed by atoms with Gasteiger partial charge in [-0.2, -0.15) is 0 Å². The van der Waals surface area contributed by atoms with Gasteiger partial charge < -0.3 is 15.0 Å². The van der Waals surface area contributed by atoms with E-state index in [4.69, 9.17) is 26.5 Å². The number of nitrogens with one attached hydrogen (secondary N) is 2. The standard InChI is InChI=1S/C23H26ClN5O3/c1-32-21-12-19-17(11-20(21)25-9-5-3-2-4-6-22(30)28-31)23-27-18-10-16(24)8-7-15(18)13-29(23)14-26-19/h7-8,10-12,14,25,31H,2-6,9,13H2,1H3,(H,28,30). The van der Waals surface area contributed by atoms with E-state index in [9.17, 15) is 4.79 Å². The van der Waals surface area contributed by atoms with Crippen LogP contribution in [0.2, 0.25) is 5.02 Å². The molecule has 0 spiro atoms. The molecule has 2 aromatic rings. The number of unbranched alkanes of at least 4 members (excludes halogenated alkanes) is 3. The Balaban J connectivity index is 1.46. The second-order valence-electron chi connectivity index (χ2n) is 7.78. The minimum Gasteiger partial charge on any atom is -0.495 e. The lowest BCUT2D eigenvalue weighted by Gasteiger charge is -2.31. The molecule has 0 saturated carbocycles. The van der Waals surface area contributed by atoms with Crippen molar-refractivity contribution < 1.29 is 14.7 Å². The van der Waals surface area contributed by atoms with Gasteiger partial charge in [0.1, 0.15) is 11.6 Å². The summed E-state index contributed by atoms with van der Waals surface area (Å²) in [6, 6.07) is 9.73. The fourth-order valence-electron chi connectivity index (χ4n) is 3.86. The van der Waals surface area contributed by atoms with Crippen LogP contribution in [0.1, 0.15) is 43.2 Å². The second-order valence-corrected chi connectivity index (χ2v) is 8.21. The highest BCUT2D eigenvalue weighted by atomic mass is 35.5. The number of amidine groups is 1. The molecule has 4 rings (SSSR count). The fraction of sp³-hybridized carbons (Fsp3) is 0.348. The van der Waals surface area contributed by atoms with Gasteiger partial charge in [0.25, 0.3) is 0 Å². The van der Waals surface area contributed by atoms with Crippen molar-refractivity contribution in [2.75, 3.05) is 19.0 Å². The fourth-order valence-corrected chi connectivity index (χ4v) is 4.03. The molecule has 0 unspecified atom stereocenters. The van der Waals surface area contributed by atoms with Gasteiger partial charge in [-0.05, 0) is 36.6 Å². The number of methoxy groups -OCH3 is 1. The van der Waals surface area contributed by atoms with Crippen molar-refractivity contribution in [3.05, 3.63) is 46.5 Å². The van der Waals surface area contributed by atoms with E-state index in [0.29, 0.717) is 18.0 Å². The number of ether oxygens (including phenoxy) is 1. The first-order valence-corrected chi connectivity index (χ1v) is 11.0. The Morgan fingerprint density at radius 1 is 1.19 bits per heavy atom. The number of amides is 1. The maximum absolute atomic E-state index is 11.0. The topological polar surface area (TPSA) is 98.5 Å². The third-order valence-electron chi connectivity index (χ3n) is 5.55. The molecule has 2 heterocycles. The summed E-state index contributed by atoms with van der Waals surface area (Å²) in [5.74, 6) is 1.24. The molecule has 8 nitrogen and oxygen atoms in total. The molecule has 2 aliphatic heterocycles. The first-order valence-electron chi connectivity index (χ1n) is 10.7. The van der Waals surface area contributed by atoms with Gasteiger partial charge in [0.15, 0.2) is 0 Å². The van der Waals surface area contributed by atoms with Crippen LogP contribution < -0.4 is 15.5 Å². The minimum absolute atomic E-state index is 0.339. The number of aliphatic imine (C=N–C) groups is 2. The van der Waals surface area contributed by atoms with Crippen LogP contribution in [0.5, 0.6) is 5.75 Å². The molecular weight excluding hydrogens is 430 g/mol. The van der Waals surface area contributed by atoms with Gasteiger partial charge in [0.05, 0.1) is 37.1 Å². The van der Waals surface area contributed by atoms with Crippen LogP contribution in [0.25, 0.3) is 0 Å². The summed E-state index contributed by atoms with van der Waals surface area (Å²) in [6.45, 7) is 1.47. The van der Waals surface area contributed by atoms with Gasteiger partial charge in [-0.3, -0.25) is 10.0 Å². The SMILES string of the molecule is COc1cc2c(cc1NCCCCCCC(=O)NO)C1=Nc3cc(Cl)ccc3CN1C=N2. The van der Waals surface area contributed by atoms with Crippen LogP contribution in [0, 0.1) is 0 Å². The number of carbonyl (C=O) groups is 1. The summed E-state index contributed by atoms with van der Waals surface area (Å²) in [5.41, 5.74) is 6.29. The van der Waals surface area contributed by atoms with Crippen LogP contribution in [-0.4, -0.2) is 41.8 Å². The lowest BCUT2D eigenvalue weighted by molar-refractivity contribution is -0.129. The molecule has 1 amide bonds. The Kier molecular flexibility index (Phi) is 6.92. The van der Waals surface area contributed by atoms with E-state index < -0.39 is 0 Å². The number of rotatable bonds is 9. The predicted octanol–water partition coefficient (Wildman–Crippen LogP) is 4.78. The zero-order chi connectivity index (χ0) is 22.5. The zero-order valence-electron chi connectivity index (χ0n) is 17.9. The van der Waals surface area contributed by atoms with Gasteiger partial charge in [-0.1, -0.05) is 30.5 Å². The van der Waals surface area contributed by atoms with E-state index in [2.05, 4.69) is 10.3 Å². The molecule has 0 atom stereocenters. The summed E-state index contributed by atoms with van der Waals surface area (Å²) in [6.07, 6.45) is 5.78. The quantitative estimate of drug-likeness (QED) is 0.287. The van der Waals surface area contributed by atoms with Crippen LogP contribution in [-0.2, 0) is 11.3 Å². The van der Waals surface area contributed by atoms with Gasteiger partial charge in [0.2, 0.25) is 5.91 Å². The summed E-state index contributed by atoms with van der Waals surface area (Å²) in [7, 11) is 1.65. The maximum atomic E-state index is 11.0. The Morgan fingerprint density at radius 2 is 2.03 bits per heavy atom. The van der Waals surface area contributed by atoms with Crippen LogP contribution in [0.3, 0.4) is 0 Å². The van der Waals surface area contributed by atoms with E-state index in [0.717, 1.165) is 72.0 Å². The number of carbonyl (C=O) groups excluding carboxylic acids is 1. The summed E-state index contributed by atoms with van der Waals surface area (Å²) in [5, 5.41) is 12.6. The average Bonchev–Trinajstić information content (AvgIpc) is 2.81. The first-order chi connectivity index (χ1) is 15.6. The largest absolute Gasteiger partial charge is 0.495 e. The summed E-state index contributed by atoms with van der Waals surface area (Å²) < 4.78 is 5.58. The van der Waals surface area contributed by atoms with Crippen molar-refractivity contribution in [1.29, 1.82) is 0 Å². The molecule has 2 aromatic carbocycles. The number of hydroxylamine groups is 1. The highest BCUT2D eigenvalue weighted by Gasteiger charge is 2.26. The van der Waals surface area contributed by atoms with Gasteiger partial charge >= 0.3 is 0 Å². The predicted molar refractivity (Wildman–Crippen MR) is 126 cm³/mol. The van der Waals surface area contributed by atoms with E-state index >= 15 is 0 Å². The summed E-state index contributed by atoms with van der Waals surface area (Å²) >= 11 is 6.18. The van der Waals surface area contributed by atoms with Crippen LogP contribution in [0.15, 0.2) is 40.3 Å². The van der Waals surface area contributed by atoms with E-state index in [1.54, 1.807) is 12.6 Å². The molecule has 0 fully saturated rings. The van der Waals surface area contributed by atoms with Crippen molar-refractivity contribution >= 4 is 46.7 Å². The smallest absolute Gasteiger partial charge is 0.243 e. The third-order valence-corrected chi connectivity index (χ3v) is 5.79. The highest BCUT2D eigenvalue weighted by Crippen LogP contribution is 2.39. The first kappa shape index (κ1) is 22.1. The average molecular weight is 456 g/mol. The summed E-state index contributed by atoms with van der Waals surface area (Å²) in [4.78, 5) is 22.6. The highest BCUT2D eigenvalue weighted by molar-refractivity contribution is 6.31. The van der Waals surface area contributed by atoms with Crippen LogP contribution >= 0.6 is 11.6 Å². The number of halogens is 1. The molecule has 0 radical (unpaired) electrons. The number of hydrogen-bond acceptors (Lipinski definition) is 7. The van der Waals surface area contributed by atoms with Crippen LogP contribution in [0.4, 0.5) is 17.1 Å². The Labute approximate surface area is 191 Å². The Morgan fingerprint density at radius 3 is 2.84 bits per heavy atom. The number of fused-ring (bicyclic) bond motifs is 4. The second kappa shape index (κ2) is 10.0. The van der Waals surface area contributed by atoms with Crippen molar-refractivity contribution in [2.45, 2.75) is 38.6 Å². The van der Waals surface area contributed by atoms with Crippen molar-refractivity contribution in [3.63, 3.8) is 0 Å². The van der Waals surface area contributed by atoms with Crippen molar-refractivity contribution in [3.8, 4) is 5.75 Å². The van der Waals surface area contributed by atoms with Gasteiger partial charge in [-0.25, -0.2) is 15.5 Å². The number of anilines is 1. The van der Waals surface area contributed by atoms with Crippen molar-refractivity contribution in [1.82, 2.24) is 10.4 Å². The van der Waals surface area contributed by atoms with E-state index in [1.807, 2.05) is 41.6 Å². The number of nitrogens with zero attached hydrogens (tertiary/aromatic N) is 3. The third kappa shape index (κ3) is 4.87. The minimum atomic E-state index is -0.339. The molecule has 3 N–H and O–H groups in total. The number of benzene rings is 2. The van der Waals surface area contributed by atoms with E-state index in [1.165, 1.54) is 0 Å². The molecule has 0 saturated heterocycles. The van der Waals surface area contributed by atoms with Gasteiger partial charge in [-0.15, -0.1) is 0 Å². The molecular formula is C23H26ClN5O3. The van der Waals surface area contributed by atoms with E-state index in [-0.39, 0.29) is 5.91 Å². The molecule has 32 heavy (non-hydrogen) atoms. The molecule has 0 aliphatic carbocycles. The Bertz CT molecular complexity index is 1070. The molecule has 9 heteroatoms. The molecule has 0 bridgehead atoms. The molecule has 0 aromatic heterocycles. The normalized spacial score (nSPS) is 13.6. The molecule has 168 valence electrons.